The normalized spacial score (nSPS) is 10.9. The number of nitrogens with zero attached hydrogens (tertiary/aromatic N) is 3. The van der Waals surface area contributed by atoms with E-state index in [2.05, 4.69) is 9.97 Å². The average Bonchev–Trinajstić information content (AvgIpc) is 2.95. The number of nitro groups is 1. The zero-order valence-electron chi connectivity index (χ0n) is 11.9. The molecule has 0 radical (unpaired) electrons. The first-order valence-electron chi connectivity index (χ1n) is 6.57. The molecule has 1 N–H and O–H groups in total. The van der Waals surface area contributed by atoms with Gasteiger partial charge in [0.2, 0.25) is 0 Å². The van der Waals surface area contributed by atoms with Gasteiger partial charge in [0.05, 0.1) is 27.7 Å². The molecule has 1 aromatic carbocycles. The van der Waals surface area contributed by atoms with Gasteiger partial charge in [0.25, 0.3) is 11.2 Å². The van der Waals surface area contributed by atoms with E-state index in [0.717, 1.165) is 0 Å². The molecule has 2 heterocycles. The number of anilines is 1. The Morgan fingerprint density at radius 1 is 1.43 bits per heavy atom. The van der Waals surface area contributed by atoms with Gasteiger partial charge in [0, 0.05) is 19.2 Å². The third-order valence-electron chi connectivity index (χ3n) is 3.30. The molecule has 9 heteroatoms. The van der Waals surface area contributed by atoms with Crippen LogP contribution in [0, 0.1) is 10.1 Å². The van der Waals surface area contributed by atoms with Gasteiger partial charge in [-0.05, 0) is 17.5 Å². The van der Waals surface area contributed by atoms with Gasteiger partial charge in [-0.2, -0.15) is 0 Å². The smallest absolute Gasteiger partial charge is 0.271 e. The Bertz CT molecular complexity index is 953. The number of aromatic amines is 1. The number of H-pyrrole nitrogens is 1. The summed E-state index contributed by atoms with van der Waals surface area (Å²) in [6.07, 6.45) is 0. The van der Waals surface area contributed by atoms with Gasteiger partial charge in [-0.1, -0.05) is 11.6 Å². The minimum atomic E-state index is -0.501. The molecule has 3 rings (SSSR count). The topological polar surface area (TPSA) is 92.1 Å². The first kappa shape index (κ1) is 15.4. The van der Waals surface area contributed by atoms with Crippen molar-refractivity contribution in [3.05, 3.63) is 61.0 Å². The van der Waals surface area contributed by atoms with Crippen LogP contribution in [0.2, 0.25) is 5.02 Å². The van der Waals surface area contributed by atoms with Crippen molar-refractivity contribution in [2.75, 3.05) is 11.9 Å². The Balaban J connectivity index is 1.89. The van der Waals surface area contributed by atoms with E-state index in [-0.39, 0.29) is 16.3 Å². The molecule has 0 aliphatic rings. The number of fused-ring (bicyclic) bond motifs is 1. The van der Waals surface area contributed by atoms with Crippen LogP contribution in [0.15, 0.2) is 34.4 Å². The Morgan fingerprint density at radius 3 is 2.91 bits per heavy atom. The lowest BCUT2D eigenvalue weighted by atomic mass is 10.2. The van der Waals surface area contributed by atoms with Crippen molar-refractivity contribution in [2.24, 2.45) is 0 Å². The summed E-state index contributed by atoms with van der Waals surface area (Å²) in [5, 5.41) is 12.8. The maximum Gasteiger partial charge on any atom is 0.271 e. The fraction of sp³-hybridized carbons (Fsp3) is 0.143. The summed E-state index contributed by atoms with van der Waals surface area (Å²) in [6, 6.07) is 6.04. The monoisotopic (exact) mass is 350 g/mol. The quantitative estimate of drug-likeness (QED) is 0.576. The van der Waals surface area contributed by atoms with Crippen molar-refractivity contribution >= 4 is 44.5 Å². The van der Waals surface area contributed by atoms with Gasteiger partial charge in [0.1, 0.15) is 10.5 Å². The molecular weight excluding hydrogens is 340 g/mol. The molecule has 23 heavy (non-hydrogen) atoms. The number of halogens is 1. The second-order valence-electron chi connectivity index (χ2n) is 4.90. The largest absolute Gasteiger partial charge is 0.366 e. The molecular formula is C14H11ClN4O3S. The van der Waals surface area contributed by atoms with Crippen molar-refractivity contribution in [1.29, 1.82) is 0 Å². The number of nitrogens with one attached hydrogen (secondary N) is 1. The molecule has 0 bridgehead atoms. The number of aromatic nitrogens is 2. The van der Waals surface area contributed by atoms with E-state index in [1.165, 1.54) is 23.5 Å². The third-order valence-corrected chi connectivity index (χ3v) is 4.51. The van der Waals surface area contributed by atoms with Crippen LogP contribution < -0.4 is 10.5 Å². The van der Waals surface area contributed by atoms with Crippen LogP contribution in [0.5, 0.6) is 0 Å². The fourth-order valence-electron chi connectivity index (χ4n) is 2.23. The summed E-state index contributed by atoms with van der Waals surface area (Å²) in [6.45, 7) is 0.318. The summed E-state index contributed by atoms with van der Waals surface area (Å²) in [7, 11) is 1.77. The second kappa shape index (κ2) is 5.98. The lowest BCUT2D eigenvalue weighted by Gasteiger charge is -2.19. The summed E-state index contributed by atoms with van der Waals surface area (Å²) < 4.78 is 0.588. The highest BCUT2D eigenvalue weighted by atomic mass is 35.5. The summed E-state index contributed by atoms with van der Waals surface area (Å²) in [5.41, 5.74) is 1.02. The van der Waals surface area contributed by atoms with Crippen LogP contribution in [-0.4, -0.2) is 21.9 Å². The van der Waals surface area contributed by atoms with Gasteiger partial charge in [-0.3, -0.25) is 14.9 Å². The Hall–Kier alpha value is -2.45. The van der Waals surface area contributed by atoms with E-state index in [0.29, 0.717) is 28.3 Å². The van der Waals surface area contributed by atoms with E-state index in [4.69, 9.17) is 11.6 Å². The van der Waals surface area contributed by atoms with Crippen molar-refractivity contribution in [3.8, 4) is 0 Å². The van der Waals surface area contributed by atoms with Gasteiger partial charge in [-0.15, -0.1) is 11.3 Å². The molecule has 0 saturated heterocycles. The predicted molar refractivity (Wildman–Crippen MR) is 90.5 cm³/mol. The first-order valence-corrected chi connectivity index (χ1v) is 7.83. The van der Waals surface area contributed by atoms with Crippen LogP contribution in [0.4, 0.5) is 11.4 Å². The van der Waals surface area contributed by atoms with Crippen LogP contribution in [0.1, 0.15) is 5.82 Å². The molecule has 7 nitrogen and oxygen atoms in total. The SMILES string of the molecule is CN(Cc1nc2ccsc2c(=O)[nH]1)c1ccc([N+](=O)[O-])cc1Cl. The number of benzene rings is 1. The highest BCUT2D eigenvalue weighted by Crippen LogP contribution is 2.29. The molecule has 0 amide bonds. The van der Waals surface area contributed by atoms with Crippen molar-refractivity contribution in [1.82, 2.24) is 9.97 Å². The fourth-order valence-corrected chi connectivity index (χ4v) is 3.27. The maximum atomic E-state index is 12.0. The molecule has 0 spiro atoms. The zero-order chi connectivity index (χ0) is 16.6. The van der Waals surface area contributed by atoms with E-state index in [1.54, 1.807) is 24.1 Å². The first-order chi connectivity index (χ1) is 11.0. The summed E-state index contributed by atoms with van der Waals surface area (Å²) >= 11 is 7.45. The van der Waals surface area contributed by atoms with Gasteiger partial charge >= 0.3 is 0 Å². The van der Waals surface area contributed by atoms with E-state index < -0.39 is 4.92 Å². The van der Waals surface area contributed by atoms with Crippen molar-refractivity contribution < 1.29 is 4.92 Å². The summed E-state index contributed by atoms with van der Waals surface area (Å²) in [5.74, 6) is 0.498. The molecule has 0 unspecified atom stereocenters. The van der Waals surface area contributed by atoms with Crippen LogP contribution in [0.3, 0.4) is 0 Å². The van der Waals surface area contributed by atoms with Crippen molar-refractivity contribution in [3.63, 3.8) is 0 Å². The molecule has 0 saturated carbocycles. The molecule has 0 aliphatic heterocycles. The summed E-state index contributed by atoms with van der Waals surface area (Å²) in [4.78, 5) is 31.1. The Kier molecular flexibility index (Phi) is 4.01. The molecule has 0 atom stereocenters. The number of thiophene rings is 1. The Labute approximate surface area is 139 Å². The second-order valence-corrected chi connectivity index (χ2v) is 6.22. The molecule has 0 fully saturated rings. The lowest BCUT2D eigenvalue weighted by molar-refractivity contribution is -0.384. The van der Waals surface area contributed by atoms with Crippen LogP contribution >= 0.6 is 22.9 Å². The number of nitro benzene ring substituents is 1. The highest BCUT2D eigenvalue weighted by Gasteiger charge is 2.14. The number of rotatable bonds is 4. The van der Waals surface area contributed by atoms with E-state index >= 15 is 0 Å². The maximum absolute atomic E-state index is 12.0. The van der Waals surface area contributed by atoms with Crippen LogP contribution in [0.25, 0.3) is 10.2 Å². The molecule has 118 valence electrons. The average molecular weight is 351 g/mol. The number of hydrogen-bond donors (Lipinski definition) is 1. The minimum Gasteiger partial charge on any atom is -0.366 e. The van der Waals surface area contributed by atoms with Crippen molar-refractivity contribution in [2.45, 2.75) is 6.54 Å². The predicted octanol–water partition coefficient (Wildman–Crippen LogP) is 3.18. The van der Waals surface area contributed by atoms with E-state index in [1.807, 2.05) is 5.38 Å². The molecule has 3 aromatic rings. The van der Waals surface area contributed by atoms with Gasteiger partial charge < -0.3 is 9.88 Å². The van der Waals surface area contributed by atoms with Gasteiger partial charge in [-0.25, -0.2) is 4.98 Å². The van der Waals surface area contributed by atoms with Gasteiger partial charge in [0.15, 0.2) is 0 Å². The Morgan fingerprint density at radius 2 is 2.22 bits per heavy atom. The van der Waals surface area contributed by atoms with E-state index in [9.17, 15) is 14.9 Å². The minimum absolute atomic E-state index is 0.0709. The lowest BCUT2D eigenvalue weighted by Crippen LogP contribution is -2.21. The number of non-ortho nitro benzene ring substituents is 1. The molecule has 2 aromatic heterocycles. The van der Waals surface area contributed by atoms with Crippen LogP contribution in [-0.2, 0) is 6.54 Å². The zero-order valence-corrected chi connectivity index (χ0v) is 13.5. The standard InChI is InChI=1S/C14H11ClN4O3S/c1-18(11-3-2-8(19(21)22)6-9(11)15)7-12-16-10-4-5-23-13(10)14(20)17-12/h2-6H,7H2,1H3,(H,16,17,20). The third kappa shape index (κ3) is 3.03. The highest BCUT2D eigenvalue weighted by molar-refractivity contribution is 7.17. The number of hydrogen-bond acceptors (Lipinski definition) is 6. The molecule has 0 aliphatic carbocycles.